The highest BCUT2D eigenvalue weighted by atomic mass is 79.9. The third kappa shape index (κ3) is 4.15. The van der Waals surface area contributed by atoms with E-state index < -0.39 is 0 Å². The summed E-state index contributed by atoms with van der Waals surface area (Å²) >= 11 is 3.39. The summed E-state index contributed by atoms with van der Waals surface area (Å²) in [5.41, 5.74) is 2.73. The Balaban J connectivity index is 1.53. The molecule has 0 bridgehead atoms. The number of ether oxygens (including phenoxy) is 2. The van der Waals surface area contributed by atoms with E-state index in [0.717, 1.165) is 15.6 Å². The van der Waals surface area contributed by atoms with Gasteiger partial charge in [-0.3, -0.25) is 9.59 Å². The second kappa shape index (κ2) is 8.05. The predicted molar refractivity (Wildman–Crippen MR) is 115 cm³/mol. The molecule has 0 saturated carbocycles. The minimum Gasteiger partial charge on any atom is -0.485 e. The lowest BCUT2D eigenvalue weighted by Crippen LogP contribution is -2.11. The predicted octanol–water partition coefficient (Wildman–Crippen LogP) is 5.64. The van der Waals surface area contributed by atoms with E-state index >= 15 is 0 Å². The first-order valence-electron chi connectivity index (χ1n) is 9.07. The van der Waals surface area contributed by atoms with Gasteiger partial charge >= 0.3 is 0 Å². The van der Waals surface area contributed by atoms with Crippen molar-refractivity contribution in [2.75, 3.05) is 6.61 Å². The smallest absolute Gasteiger partial charge is 0.232 e. The summed E-state index contributed by atoms with van der Waals surface area (Å²) in [6.07, 6.45) is 1.72. The summed E-state index contributed by atoms with van der Waals surface area (Å²) in [5.74, 6) is 0.926. The Bertz CT molecular complexity index is 1120. The highest BCUT2D eigenvalue weighted by Gasteiger charge is 2.30. The minimum atomic E-state index is -0.160. The molecule has 1 aliphatic heterocycles. The molecular weight excluding hydrogens is 432 g/mol. The van der Waals surface area contributed by atoms with E-state index in [0.29, 0.717) is 22.6 Å². The van der Waals surface area contributed by atoms with Crippen LogP contribution in [0.2, 0.25) is 0 Å². The van der Waals surface area contributed by atoms with Crippen molar-refractivity contribution < 1.29 is 19.1 Å². The van der Waals surface area contributed by atoms with Crippen LogP contribution >= 0.6 is 15.9 Å². The minimum absolute atomic E-state index is 0.0855. The number of hydrogen-bond donors (Lipinski definition) is 0. The lowest BCUT2D eigenvalue weighted by Gasteiger charge is -2.08. The van der Waals surface area contributed by atoms with Crippen LogP contribution in [0.5, 0.6) is 11.5 Å². The molecule has 0 atom stereocenters. The van der Waals surface area contributed by atoms with E-state index in [-0.39, 0.29) is 23.9 Å². The van der Waals surface area contributed by atoms with Crippen LogP contribution in [0.15, 0.2) is 77.0 Å². The Hall–Kier alpha value is -3.18. The largest absolute Gasteiger partial charge is 0.485 e. The molecule has 0 radical (unpaired) electrons. The monoisotopic (exact) mass is 448 g/mol. The molecule has 4 rings (SSSR count). The molecule has 3 aromatic carbocycles. The highest BCUT2D eigenvalue weighted by Crippen LogP contribution is 2.37. The van der Waals surface area contributed by atoms with Crippen LogP contribution in [0.1, 0.15) is 31.8 Å². The maximum Gasteiger partial charge on any atom is 0.232 e. The van der Waals surface area contributed by atoms with Crippen molar-refractivity contribution in [3.63, 3.8) is 0 Å². The molecule has 3 aromatic rings. The van der Waals surface area contributed by atoms with Crippen molar-refractivity contribution >= 4 is 33.6 Å². The number of hydrogen-bond acceptors (Lipinski definition) is 4. The Kier molecular flexibility index (Phi) is 5.32. The number of aryl methyl sites for hydroxylation is 1. The van der Waals surface area contributed by atoms with Crippen molar-refractivity contribution in [3.8, 4) is 11.5 Å². The number of fused-ring (bicyclic) bond motifs is 1. The molecule has 0 amide bonds. The molecule has 0 aromatic heterocycles. The number of allylic oxidation sites excluding steroid dienone is 1. The number of ketones is 2. The zero-order valence-corrected chi connectivity index (χ0v) is 17.2. The second-order valence-corrected chi connectivity index (χ2v) is 7.60. The van der Waals surface area contributed by atoms with Crippen molar-refractivity contribution in [2.24, 2.45) is 0 Å². The molecule has 5 heteroatoms. The SMILES string of the molecule is Cc1cc(OCC(=O)c2ccccc2)cc2c1C(=O)/C(=C/c1ccc(Br)cc1)O2. The van der Waals surface area contributed by atoms with Gasteiger partial charge in [-0.25, -0.2) is 0 Å². The summed E-state index contributed by atoms with van der Waals surface area (Å²) in [5, 5.41) is 0. The van der Waals surface area contributed by atoms with Gasteiger partial charge in [0.25, 0.3) is 0 Å². The summed E-state index contributed by atoms with van der Waals surface area (Å²) in [6, 6.07) is 20.0. The van der Waals surface area contributed by atoms with Gasteiger partial charge in [0, 0.05) is 16.1 Å². The van der Waals surface area contributed by atoms with Crippen LogP contribution in [0.25, 0.3) is 6.08 Å². The van der Waals surface area contributed by atoms with Crippen LogP contribution in [-0.4, -0.2) is 18.2 Å². The van der Waals surface area contributed by atoms with E-state index in [1.54, 1.807) is 30.3 Å². The molecule has 0 saturated heterocycles. The highest BCUT2D eigenvalue weighted by molar-refractivity contribution is 9.10. The second-order valence-electron chi connectivity index (χ2n) is 6.68. The number of benzene rings is 3. The third-order valence-corrected chi connectivity index (χ3v) is 5.11. The van der Waals surface area contributed by atoms with Gasteiger partial charge in [-0.2, -0.15) is 0 Å². The van der Waals surface area contributed by atoms with E-state index in [1.807, 2.05) is 49.4 Å². The summed E-state index contributed by atoms with van der Waals surface area (Å²) in [4.78, 5) is 25.0. The number of carbonyl (C=O) groups is 2. The molecule has 0 unspecified atom stereocenters. The van der Waals surface area contributed by atoms with Gasteiger partial charge in [-0.05, 0) is 42.3 Å². The Morgan fingerprint density at radius 1 is 1.07 bits per heavy atom. The molecule has 1 heterocycles. The fraction of sp³-hybridized carbons (Fsp3) is 0.0833. The van der Waals surface area contributed by atoms with E-state index in [1.165, 1.54) is 0 Å². The summed E-state index contributed by atoms with van der Waals surface area (Å²) < 4.78 is 12.4. The molecular formula is C24H17BrO4. The molecule has 0 fully saturated rings. The van der Waals surface area contributed by atoms with Gasteiger partial charge in [0.15, 0.2) is 18.1 Å². The van der Waals surface area contributed by atoms with Gasteiger partial charge in [0.2, 0.25) is 5.78 Å². The number of halogens is 1. The molecule has 4 nitrogen and oxygen atoms in total. The summed E-state index contributed by atoms with van der Waals surface area (Å²) in [7, 11) is 0. The first kappa shape index (κ1) is 19.2. The zero-order chi connectivity index (χ0) is 20.4. The van der Waals surface area contributed by atoms with Crippen molar-refractivity contribution in [2.45, 2.75) is 6.92 Å². The Morgan fingerprint density at radius 3 is 2.52 bits per heavy atom. The first-order valence-corrected chi connectivity index (χ1v) is 9.86. The van der Waals surface area contributed by atoms with Crippen LogP contribution < -0.4 is 9.47 Å². The first-order chi connectivity index (χ1) is 14.0. The van der Waals surface area contributed by atoms with Crippen molar-refractivity contribution in [1.82, 2.24) is 0 Å². The fourth-order valence-electron chi connectivity index (χ4n) is 3.13. The standard InChI is InChI=1S/C24H17BrO4/c1-15-11-19(28-14-20(26)17-5-3-2-4-6-17)13-21-23(15)24(27)22(29-21)12-16-7-9-18(25)10-8-16/h2-13H,14H2,1H3/b22-12-. The number of carbonyl (C=O) groups excluding carboxylic acids is 2. The average molecular weight is 449 g/mol. The fourth-order valence-corrected chi connectivity index (χ4v) is 3.39. The van der Waals surface area contributed by atoms with Gasteiger partial charge in [-0.1, -0.05) is 58.4 Å². The molecule has 144 valence electrons. The average Bonchev–Trinajstić information content (AvgIpc) is 3.04. The van der Waals surface area contributed by atoms with Crippen LogP contribution in [0, 0.1) is 6.92 Å². The quantitative estimate of drug-likeness (QED) is 0.374. The van der Waals surface area contributed by atoms with Crippen LogP contribution in [0.3, 0.4) is 0 Å². The zero-order valence-electron chi connectivity index (χ0n) is 15.6. The van der Waals surface area contributed by atoms with Gasteiger partial charge < -0.3 is 9.47 Å². The molecule has 0 N–H and O–H groups in total. The molecule has 0 aliphatic carbocycles. The molecule has 1 aliphatic rings. The van der Waals surface area contributed by atoms with Gasteiger partial charge in [0.05, 0.1) is 5.56 Å². The lowest BCUT2D eigenvalue weighted by atomic mass is 10.0. The van der Waals surface area contributed by atoms with Crippen molar-refractivity contribution in [1.29, 1.82) is 0 Å². The topological polar surface area (TPSA) is 52.6 Å². The maximum absolute atomic E-state index is 12.8. The van der Waals surface area contributed by atoms with E-state index in [9.17, 15) is 9.59 Å². The Morgan fingerprint density at radius 2 is 1.79 bits per heavy atom. The number of Topliss-reactive ketones (excluding diaryl/α,β-unsaturated/α-hetero) is 2. The van der Waals surface area contributed by atoms with E-state index in [2.05, 4.69) is 15.9 Å². The van der Waals surface area contributed by atoms with E-state index in [4.69, 9.17) is 9.47 Å². The van der Waals surface area contributed by atoms with Crippen LogP contribution in [-0.2, 0) is 0 Å². The summed E-state index contributed by atoms with van der Waals surface area (Å²) in [6.45, 7) is 1.74. The van der Waals surface area contributed by atoms with Crippen LogP contribution in [0.4, 0.5) is 0 Å². The lowest BCUT2D eigenvalue weighted by molar-refractivity contribution is 0.0920. The van der Waals surface area contributed by atoms with Crippen molar-refractivity contribution in [3.05, 3.63) is 99.2 Å². The van der Waals surface area contributed by atoms with Gasteiger partial charge in [-0.15, -0.1) is 0 Å². The third-order valence-electron chi connectivity index (χ3n) is 4.58. The number of rotatable bonds is 5. The maximum atomic E-state index is 12.8. The Labute approximate surface area is 176 Å². The molecule has 29 heavy (non-hydrogen) atoms. The van der Waals surface area contributed by atoms with Gasteiger partial charge in [0.1, 0.15) is 11.5 Å². The normalized spacial score (nSPS) is 13.9. The molecule has 0 spiro atoms.